The molecule has 0 aromatic carbocycles. The predicted octanol–water partition coefficient (Wildman–Crippen LogP) is 1.48. The van der Waals surface area contributed by atoms with E-state index in [1.54, 1.807) is 11.0 Å². The van der Waals surface area contributed by atoms with Crippen LogP contribution in [0.1, 0.15) is 25.0 Å². The molecule has 2 aliphatic heterocycles. The van der Waals surface area contributed by atoms with Gasteiger partial charge in [-0.3, -0.25) is 14.6 Å². The molecule has 1 aromatic heterocycles. The number of pyridine rings is 1. The largest absolute Gasteiger partial charge is 0.342 e. The predicted molar refractivity (Wildman–Crippen MR) is 85.4 cm³/mol. The Morgan fingerprint density at radius 2 is 2.08 bits per heavy atom. The smallest absolute Gasteiger partial charge is 0.228 e. The minimum Gasteiger partial charge on any atom is -0.342 e. The number of aromatic nitrogens is 1. The molecule has 2 atom stereocenters. The number of likely N-dealkylation sites (tertiary alicyclic amines) is 2. The number of hydrogen-bond acceptors (Lipinski definition) is 3. The molecule has 3 heterocycles. The van der Waals surface area contributed by atoms with Gasteiger partial charge < -0.3 is 9.80 Å². The van der Waals surface area contributed by atoms with Crippen LogP contribution < -0.4 is 0 Å². The number of piperidine rings is 1. The quantitative estimate of drug-likeness (QED) is 0.840. The Morgan fingerprint density at radius 1 is 1.25 bits per heavy atom. The maximum absolute atomic E-state index is 12.9. The summed E-state index contributed by atoms with van der Waals surface area (Å²) in [5.41, 5.74) is 0.568. The van der Waals surface area contributed by atoms with Crippen LogP contribution in [-0.2, 0) is 16.0 Å². The summed E-state index contributed by atoms with van der Waals surface area (Å²) in [7, 11) is 0. The number of hydrogen-bond donors (Lipinski definition) is 0. The second-order valence-corrected chi connectivity index (χ2v) is 7.33. The van der Waals surface area contributed by atoms with Crippen molar-refractivity contribution in [2.45, 2.75) is 25.7 Å². The van der Waals surface area contributed by atoms with E-state index in [0.717, 1.165) is 25.7 Å². The van der Waals surface area contributed by atoms with E-state index in [-0.39, 0.29) is 30.1 Å². The summed E-state index contributed by atoms with van der Waals surface area (Å²) in [6.07, 6.45) is 4.77. The number of carbonyl (C=O) groups excluding carboxylic acids is 2. The van der Waals surface area contributed by atoms with Gasteiger partial charge in [-0.25, -0.2) is 4.39 Å². The van der Waals surface area contributed by atoms with Crippen LogP contribution in [0, 0.1) is 23.6 Å². The van der Waals surface area contributed by atoms with Crippen LogP contribution in [0.25, 0.3) is 0 Å². The van der Waals surface area contributed by atoms with Gasteiger partial charge in [0.05, 0.1) is 18.5 Å². The number of halogens is 1. The molecule has 3 fully saturated rings. The Bertz CT molecular complexity index is 644. The van der Waals surface area contributed by atoms with Gasteiger partial charge in [-0.1, -0.05) is 0 Å². The molecule has 3 aliphatic rings. The van der Waals surface area contributed by atoms with E-state index in [0.29, 0.717) is 24.7 Å². The van der Waals surface area contributed by atoms with Gasteiger partial charge in [0.25, 0.3) is 0 Å². The topological polar surface area (TPSA) is 53.5 Å². The van der Waals surface area contributed by atoms with Gasteiger partial charge in [-0.2, -0.15) is 0 Å². The van der Waals surface area contributed by atoms with Crippen LogP contribution in [0.4, 0.5) is 4.39 Å². The van der Waals surface area contributed by atoms with E-state index in [4.69, 9.17) is 0 Å². The lowest BCUT2D eigenvalue weighted by molar-refractivity contribution is -0.139. The second-order valence-electron chi connectivity index (χ2n) is 7.33. The molecule has 0 bridgehead atoms. The van der Waals surface area contributed by atoms with Gasteiger partial charge in [-0.05, 0) is 43.2 Å². The first-order valence-corrected chi connectivity index (χ1v) is 8.77. The second kappa shape index (κ2) is 6.15. The van der Waals surface area contributed by atoms with Crippen molar-refractivity contribution in [3.63, 3.8) is 0 Å². The molecule has 1 aromatic rings. The van der Waals surface area contributed by atoms with Crippen molar-refractivity contribution >= 4 is 11.8 Å². The molecule has 2 unspecified atom stereocenters. The first kappa shape index (κ1) is 15.5. The Labute approximate surface area is 140 Å². The molecule has 2 amide bonds. The minimum absolute atomic E-state index is 0.0231. The van der Waals surface area contributed by atoms with Gasteiger partial charge in [-0.15, -0.1) is 0 Å². The third kappa shape index (κ3) is 3.14. The van der Waals surface area contributed by atoms with E-state index >= 15 is 0 Å². The normalized spacial score (nSPS) is 26.6. The molecule has 24 heavy (non-hydrogen) atoms. The minimum atomic E-state index is -0.403. The Balaban J connectivity index is 1.37. The lowest BCUT2D eigenvalue weighted by atomic mass is 9.88. The van der Waals surface area contributed by atoms with Gasteiger partial charge in [0.2, 0.25) is 11.8 Å². The first-order chi connectivity index (χ1) is 11.6. The fraction of sp³-hybridized carbons (Fsp3) is 0.611. The molecule has 6 heteroatoms. The fourth-order valence-corrected chi connectivity index (χ4v) is 3.88. The standard InChI is InChI=1S/C18H22FN3O2/c19-14-3-4-15(20-8-14)7-17(23)22-10-13-5-6-21(9-12-1-2-12)18(24)16(13)11-22/h3-4,8,12-13,16H,1-2,5-7,9-11H2. The zero-order valence-corrected chi connectivity index (χ0v) is 13.7. The van der Waals surface area contributed by atoms with E-state index in [1.165, 1.54) is 18.9 Å². The molecule has 4 rings (SSSR count). The summed E-state index contributed by atoms with van der Waals surface area (Å²) in [5, 5.41) is 0. The lowest BCUT2D eigenvalue weighted by Gasteiger charge is -2.33. The number of rotatable bonds is 4. The summed E-state index contributed by atoms with van der Waals surface area (Å²) in [4.78, 5) is 32.9. The van der Waals surface area contributed by atoms with Crippen molar-refractivity contribution < 1.29 is 14.0 Å². The molecule has 1 aliphatic carbocycles. The Morgan fingerprint density at radius 3 is 2.79 bits per heavy atom. The number of carbonyl (C=O) groups is 2. The molecular weight excluding hydrogens is 309 g/mol. The fourth-order valence-electron chi connectivity index (χ4n) is 3.88. The Kier molecular flexibility index (Phi) is 3.98. The highest BCUT2D eigenvalue weighted by Gasteiger charge is 2.44. The zero-order chi connectivity index (χ0) is 16.7. The molecule has 0 N–H and O–H groups in total. The number of fused-ring (bicyclic) bond motifs is 1. The number of amides is 2. The highest BCUT2D eigenvalue weighted by molar-refractivity contribution is 5.84. The maximum Gasteiger partial charge on any atom is 0.228 e. The van der Waals surface area contributed by atoms with Crippen molar-refractivity contribution in [3.8, 4) is 0 Å². The average Bonchev–Trinajstić information content (AvgIpc) is 3.27. The highest BCUT2D eigenvalue weighted by Crippen LogP contribution is 2.36. The Hall–Kier alpha value is -1.98. The lowest BCUT2D eigenvalue weighted by Crippen LogP contribution is -2.46. The summed E-state index contributed by atoms with van der Waals surface area (Å²) < 4.78 is 12.9. The molecular formula is C18H22FN3O2. The van der Waals surface area contributed by atoms with Crippen LogP contribution in [0.5, 0.6) is 0 Å². The monoisotopic (exact) mass is 331 g/mol. The van der Waals surface area contributed by atoms with E-state index in [9.17, 15) is 14.0 Å². The summed E-state index contributed by atoms with van der Waals surface area (Å²) in [6, 6.07) is 2.86. The van der Waals surface area contributed by atoms with Gasteiger partial charge in [0, 0.05) is 31.9 Å². The van der Waals surface area contributed by atoms with Crippen molar-refractivity contribution in [1.82, 2.24) is 14.8 Å². The maximum atomic E-state index is 12.9. The van der Waals surface area contributed by atoms with Crippen LogP contribution in [-0.4, -0.2) is 52.8 Å². The van der Waals surface area contributed by atoms with Crippen molar-refractivity contribution in [3.05, 3.63) is 29.8 Å². The summed E-state index contributed by atoms with van der Waals surface area (Å²) in [6.45, 7) is 2.91. The summed E-state index contributed by atoms with van der Waals surface area (Å²) in [5.74, 6) is 0.757. The van der Waals surface area contributed by atoms with Crippen molar-refractivity contribution in [2.24, 2.45) is 17.8 Å². The van der Waals surface area contributed by atoms with Crippen molar-refractivity contribution in [1.29, 1.82) is 0 Å². The van der Waals surface area contributed by atoms with Crippen LogP contribution in [0.15, 0.2) is 18.3 Å². The third-order valence-electron chi connectivity index (χ3n) is 5.49. The van der Waals surface area contributed by atoms with E-state index in [2.05, 4.69) is 4.98 Å². The SMILES string of the molecule is O=C(Cc1ccc(F)cn1)N1CC2CCN(CC3CC3)C(=O)C2C1. The van der Waals surface area contributed by atoms with Crippen molar-refractivity contribution in [2.75, 3.05) is 26.2 Å². The molecule has 1 saturated carbocycles. The van der Waals surface area contributed by atoms with Crippen LogP contribution in [0.2, 0.25) is 0 Å². The molecule has 128 valence electrons. The first-order valence-electron chi connectivity index (χ1n) is 8.77. The molecule has 5 nitrogen and oxygen atoms in total. The highest BCUT2D eigenvalue weighted by atomic mass is 19.1. The van der Waals surface area contributed by atoms with Gasteiger partial charge >= 0.3 is 0 Å². The molecule has 0 spiro atoms. The van der Waals surface area contributed by atoms with Gasteiger partial charge in [0.1, 0.15) is 5.82 Å². The van der Waals surface area contributed by atoms with Crippen LogP contribution in [0.3, 0.4) is 0 Å². The van der Waals surface area contributed by atoms with Crippen LogP contribution >= 0.6 is 0 Å². The summed E-state index contributed by atoms with van der Waals surface area (Å²) >= 11 is 0. The third-order valence-corrected chi connectivity index (χ3v) is 5.49. The average molecular weight is 331 g/mol. The molecule has 0 radical (unpaired) electrons. The van der Waals surface area contributed by atoms with Gasteiger partial charge in [0.15, 0.2) is 0 Å². The van der Waals surface area contributed by atoms with E-state index in [1.807, 2.05) is 4.90 Å². The number of nitrogens with zero attached hydrogens (tertiary/aromatic N) is 3. The molecule has 2 saturated heterocycles. The zero-order valence-electron chi connectivity index (χ0n) is 13.7. The van der Waals surface area contributed by atoms with E-state index < -0.39 is 5.82 Å².